The number of likely N-dealkylation sites (tertiary alicyclic amines) is 1. The first-order valence-corrected chi connectivity index (χ1v) is 6.77. The Kier molecular flexibility index (Phi) is 4.16. The topological polar surface area (TPSA) is 89.5 Å². The number of amides is 1. The molecular formula is C12H14BrN3O3. The molecule has 2 rings (SSSR count). The summed E-state index contributed by atoms with van der Waals surface area (Å²) in [5, 5.41) is 10.7. The highest BCUT2D eigenvalue weighted by Crippen LogP contribution is 2.25. The zero-order chi connectivity index (χ0) is 14.0. The van der Waals surface area contributed by atoms with Crippen LogP contribution >= 0.6 is 15.9 Å². The van der Waals surface area contributed by atoms with Gasteiger partial charge in [-0.2, -0.15) is 0 Å². The monoisotopic (exact) mass is 327 g/mol. The average molecular weight is 328 g/mol. The Bertz CT molecular complexity index is 521. The maximum Gasteiger partial charge on any atom is 0.270 e. The first-order valence-electron chi connectivity index (χ1n) is 5.98. The van der Waals surface area contributed by atoms with Crippen molar-refractivity contribution in [2.75, 3.05) is 13.1 Å². The van der Waals surface area contributed by atoms with Crippen LogP contribution in [0, 0.1) is 10.1 Å². The van der Waals surface area contributed by atoms with Crippen molar-refractivity contribution >= 4 is 27.5 Å². The fourth-order valence-electron chi connectivity index (χ4n) is 2.16. The Morgan fingerprint density at radius 1 is 1.53 bits per heavy atom. The van der Waals surface area contributed by atoms with Gasteiger partial charge in [-0.3, -0.25) is 14.9 Å². The van der Waals surface area contributed by atoms with Crippen molar-refractivity contribution in [2.45, 2.75) is 18.9 Å². The second kappa shape index (κ2) is 5.66. The van der Waals surface area contributed by atoms with Crippen LogP contribution in [-0.2, 0) is 0 Å². The fraction of sp³-hybridized carbons (Fsp3) is 0.417. The minimum atomic E-state index is -0.490. The summed E-state index contributed by atoms with van der Waals surface area (Å²) in [7, 11) is 0. The summed E-state index contributed by atoms with van der Waals surface area (Å²) in [6, 6.07) is 4.17. The van der Waals surface area contributed by atoms with Crippen molar-refractivity contribution in [3.05, 3.63) is 38.3 Å². The van der Waals surface area contributed by atoms with Gasteiger partial charge in [0, 0.05) is 35.7 Å². The fourth-order valence-corrected chi connectivity index (χ4v) is 2.69. The van der Waals surface area contributed by atoms with Crippen molar-refractivity contribution in [1.29, 1.82) is 0 Å². The number of nitrogens with zero attached hydrogens (tertiary/aromatic N) is 2. The number of carbonyl (C=O) groups is 1. The van der Waals surface area contributed by atoms with Crippen molar-refractivity contribution in [2.24, 2.45) is 5.73 Å². The molecule has 7 heteroatoms. The van der Waals surface area contributed by atoms with Crippen LogP contribution in [0.25, 0.3) is 0 Å². The molecule has 19 heavy (non-hydrogen) atoms. The Morgan fingerprint density at radius 3 is 2.84 bits per heavy atom. The largest absolute Gasteiger partial charge is 0.337 e. The zero-order valence-electron chi connectivity index (χ0n) is 10.2. The van der Waals surface area contributed by atoms with E-state index < -0.39 is 4.92 Å². The number of carbonyl (C=O) groups excluding carboxylic acids is 1. The predicted molar refractivity (Wildman–Crippen MR) is 73.9 cm³/mol. The van der Waals surface area contributed by atoms with Crippen molar-refractivity contribution in [3.63, 3.8) is 0 Å². The van der Waals surface area contributed by atoms with Gasteiger partial charge in [-0.15, -0.1) is 0 Å². The molecule has 1 atom stereocenters. The molecule has 6 nitrogen and oxygen atoms in total. The molecule has 1 amide bonds. The van der Waals surface area contributed by atoms with Crippen LogP contribution in [0.15, 0.2) is 22.7 Å². The first-order chi connectivity index (χ1) is 8.99. The second-order valence-electron chi connectivity index (χ2n) is 4.57. The van der Waals surface area contributed by atoms with Crippen LogP contribution in [0.1, 0.15) is 23.2 Å². The minimum Gasteiger partial charge on any atom is -0.337 e. The number of piperidine rings is 1. The lowest BCUT2D eigenvalue weighted by molar-refractivity contribution is -0.384. The standard InChI is InChI=1S/C12H14BrN3O3/c13-11-6-9(16(18)19)3-4-10(11)12(17)15-5-1-2-8(14)7-15/h3-4,6,8H,1-2,5,7,14H2/t8-/m0/s1. The summed E-state index contributed by atoms with van der Waals surface area (Å²) in [6.07, 6.45) is 1.81. The Labute approximate surface area is 118 Å². The number of benzene rings is 1. The molecule has 1 aliphatic rings. The van der Waals surface area contributed by atoms with Gasteiger partial charge in [-0.25, -0.2) is 0 Å². The molecule has 1 heterocycles. The van der Waals surface area contributed by atoms with E-state index in [0.717, 1.165) is 12.8 Å². The van der Waals surface area contributed by atoms with E-state index >= 15 is 0 Å². The highest BCUT2D eigenvalue weighted by molar-refractivity contribution is 9.10. The molecule has 0 aliphatic carbocycles. The summed E-state index contributed by atoms with van der Waals surface area (Å²) in [5.74, 6) is -0.142. The lowest BCUT2D eigenvalue weighted by Gasteiger charge is -2.31. The maximum absolute atomic E-state index is 12.3. The Morgan fingerprint density at radius 2 is 2.26 bits per heavy atom. The average Bonchev–Trinajstić information content (AvgIpc) is 2.37. The molecule has 102 valence electrons. The SMILES string of the molecule is N[C@H]1CCCN(C(=O)c2ccc([N+](=O)[O-])cc2Br)C1. The van der Waals surface area contributed by atoms with Crippen LogP contribution in [0.5, 0.6) is 0 Å². The van der Waals surface area contributed by atoms with Gasteiger partial charge in [-0.1, -0.05) is 0 Å². The summed E-state index contributed by atoms with van der Waals surface area (Å²) in [4.78, 5) is 24.2. The van der Waals surface area contributed by atoms with Gasteiger partial charge in [0.15, 0.2) is 0 Å². The highest BCUT2D eigenvalue weighted by Gasteiger charge is 2.24. The van der Waals surface area contributed by atoms with Crippen LogP contribution in [0.2, 0.25) is 0 Å². The Balaban J connectivity index is 2.21. The van der Waals surface area contributed by atoms with E-state index in [0.29, 0.717) is 23.1 Å². The molecule has 1 aromatic rings. The molecular weight excluding hydrogens is 314 g/mol. The van der Waals surface area contributed by atoms with E-state index in [1.165, 1.54) is 18.2 Å². The molecule has 0 spiro atoms. The smallest absolute Gasteiger partial charge is 0.270 e. The normalized spacial score (nSPS) is 19.3. The van der Waals surface area contributed by atoms with Gasteiger partial charge in [0.1, 0.15) is 0 Å². The number of halogens is 1. The number of rotatable bonds is 2. The van der Waals surface area contributed by atoms with Gasteiger partial charge in [-0.05, 0) is 34.8 Å². The minimum absolute atomic E-state index is 0.00882. The maximum atomic E-state index is 12.3. The quantitative estimate of drug-likeness (QED) is 0.663. The number of hydrogen-bond acceptors (Lipinski definition) is 4. The van der Waals surface area contributed by atoms with Gasteiger partial charge in [0.25, 0.3) is 11.6 Å². The van der Waals surface area contributed by atoms with Crippen molar-refractivity contribution in [3.8, 4) is 0 Å². The summed E-state index contributed by atoms with van der Waals surface area (Å²) in [5.41, 5.74) is 6.24. The number of nitro benzene ring substituents is 1. The molecule has 1 aromatic carbocycles. The third-order valence-electron chi connectivity index (χ3n) is 3.14. The molecule has 0 aromatic heterocycles. The van der Waals surface area contributed by atoms with E-state index in [1.54, 1.807) is 4.90 Å². The van der Waals surface area contributed by atoms with Crippen molar-refractivity contribution < 1.29 is 9.72 Å². The number of hydrogen-bond donors (Lipinski definition) is 1. The first kappa shape index (κ1) is 14.0. The number of non-ortho nitro benzene ring substituents is 1. The molecule has 2 N–H and O–H groups in total. The Hall–Kier alpha value is -1.47. The molecule has 1 aliphatic heterocycles. The molecule has 0 unspecified atom stereocenters. The second-order valence-corrected chi connectivity index (χ2v) is 5.43. The van der Waals surface area contributed by atoms with E-state index in [4.69, 9.17) is 5.73 Å². The van der Waals surface area contributed by atoms with E-state index in [1.807, 2.05) is 0 Å². The van der Waals surface area contributed by atoms with Crippen LogP contribution in [-0.4, -0.2) is 34.9 Å². The van der Waals surface area contributed by atoms with Gasteiger partial charge in [0.05, 0.1) is 10.5 Å². The van der Waals surface area contributed by atoms with E-state index in [9.17, 15) is 14.9 Å². The molecule has 0 saturated carbocycles. The van der Waals surface area contributed by atoms with Gasteiger partial charge < -0.3 is 10.6 Å². The molecule has 0 bridgehead atoms. The van der Waals surface area contributed by atoms with E-state index in [-0.39, 0.29) is 17.6 Å². The predicted octanol–water partition coefficient (Wildman–Crippen LogP) is 1.92. The molecule has 1 saturated heterocycles. The lowest BCUT2D eigenvalue weighted by Crippen LogP contribution is -2.45. The summed E-state index contributed by atoms with van der Waals surface area (Å²) >= 11 is 3.21. The van der Waals surface area contributed by atoms with Crippen LogP contribution < -0.4 is 5.73 Å². The van der Waals surface area contributed by atoms with E-state index in [2.05, 4.69) is 15.9 Å². The third kappa shape index (κ3) is 3.10. The molecule has 0 radical (unpaired) electrons. The van der Waals surface area contributed by atoms with Crippen LogP contribution in [0.4, 0.5) is 5.69 Å². The molecule has 1 fully saturated rings. The lowest BCUT2D eigenvalue weighted by atomic mass is 10.1. The van der Waals surface area contributed by atoms with Crippen molar-refractivity contribution in [1.82, 2.24) is 4.90 Å². The van der Waals surface area contributed by atoms with Crippen LogP contribution in [0.3, 0.4) is 0 Å². The summed E-state index contributed by atoms with van der Waals surface area (Å²) in [6.45, 7) is 1.21. The number of nitrogens with two attached hydrogens (primary N) is 1. The number of nitro groups is 1. The van der Waals surface area contributed by atoms with Gasteiger partial charge >= 0.3 is 0 Å². The van der Waals surface area contributed by atoms with Gasteiger partial charge in [0.2, 0.25) is 0 Å². The summed E-state index contributed by atoms with van der Waals surface area (Å²) < 4.78 is 0.436. The third-order valence-corrected chi connectivity index (χ3v) is 3.80. The zero-order valence-corrected chi connectivity index (χ0v) is 11.8. The highest BCUT2D eigenvalue weighted by atomic mass is 79.9.